The van der Waals surface area contributed by atoms with Crippen LogP contribution < -0.4 is 0 Å². The van der Waals surface area contributed by atoms with E-state index in [4.69, 9.17) is 0 Å². The molecule has 0 heterocycles. The zero-order valence-corrected chi connectivity index (χ0v) is 10.4. The highest BCUT2D eigenvalue weighted by molar-refractivity contribution is 6.04. The second kappa shape index (κ2) is 5.78. The maximum Gasteiger partial charge on any atom is 0.178 e. The highest BCUT2D eigenvalue weighted by Crippen LogP contribution is 2.29. The topological polar surface area (TPSA) is 34.1 Å². The minimum Gasteiger partial charge on any atom is -0.299 e. The molecule has 88 valence electrons. The van der Waals surface area contributed by atoms with Crippen LogP contribution in [0.4, 0.5) is 0 Å². The first-order valence-electron chi connectivity index (χ1n) is 6.05. The van der Waals surface area contributed by atoms with Crippen molar-refractivity contribution in [2.24, 2.45) is 5.92 Å². The number of hydrogen-bond donors (Lipinski definition) is 0. The summed E-state index contributed by atoms with van der Waals surface area (Å²) in [5, 5.41) is 0. The Labute approximate surface area is 97.4 Å². The maximum atomic E-state index is 12.0. The highest BCUT2D eigenvalue weighted by atomic mass is 16.1. The molecule has 1 atom stereocenters. The second-order valence-corrected chi connectivity index (χ2v) is 4.41. The van der Waals surface area contributed by atoms with Crippen molar-refractivity contribution in [3.05, 3.63) is 23.3 Å². The number of allylic oxidation sites excluding steroid dienone is 4. The van der Waals surface area contributed by atoms with Crippen molar-refractivity contribution in [3.63, 3.8) is 0 Å². The molecular formula is C14H20O2. The largest absolute Gasteiger partial charge is 0.299 e. The van der Waals surface area contributed by atoms with Crippen LogP contribution in [0.5, 0.6) is 0 Å². The molecule has 2 nitrogen and oxygen atoms in total. The smallest absolute Gasteiger partial charge is 0.178 e. The Hall–Kier alpha value is -1.18. The quantitative estimate of drug-likeness (QED) is 0.712. The lowest BCUT2D eigenvalue weighted by molar-refractivity contribution is -0.121. The van der Waals surface area contributed by atoms with Gasteiger partial charge >= 0.3 is 0 Å². The van der Waals surface area contributed by atoms with Crippen LogP contribution in [-0.2, 0) is 9.59 Å². The SMILES string of the molecule is CCCC(=O)C1C(C)=CC(=O)C=C1CCC. The van der Waals surface area contributed by atoms with Gasteiger partial charge in [0.25, 0.3) is 0 Å². The lowest BCUT2D eigenvalue weighted by Crippen LogP contribution is -2.22. The van der Waals surface area contributed by atoms with Crippen LogP contribution in [0.25, 0.3) is 0 Å². The van der Waals surface area contributed by atoms with E-state index in [1.54, 1.807) is 12.2 Å². The molecule has 0 saturated heterocycles. The van der Waals surface area contributed by atoms with Crippen LogP contribution in [0.3, 0.4) is 0 Å². The van der Waals surface area contributed by atoms with Crippen LogP contribution in [0.15, 0.2) is 23.3 Å². The molecule has 0 saturated carbocycles. The average Bonchev–Trinajstić information content (AvgIpc) is 2.17. The molecule has 1 aliphatic rings. The Morgan fingerprint density at radius 3 is 2.50 bits per heavy atom. The first-order valence-corrected chi connectivity index (χ1v) is 6.05. The van der Waals surface area contributed by atoms with E-state index < -0.39 is 0 Å². The number of hydrogen-bond acceptors (Lipinski definition) is 2. The molecule has 0 aromatic heterocycles. The Balaban J connectivity index is 2.93. The van der Waals surface area contributed by atoms with Gasteiger partial charge in [0.2, 0.25) is 0 Å². The van der Waals surface area contributed by atoms with Gasteiger partial charge in [0.1, 0.15) is 5.78 Å². The van der Waals surface area contributed by atoms with E-state index >= 15 is 0 Å². The van der Waals surface area contributed by atoms with Crippen molar-refractivity contribution >= 4 is 11.6 Å². The van der Waals surface area contributed by atoms with Gasteiger partial charge in [0.05, 0.1) is 5.92 Å². The molecule has 0 N–H and O–H groups in total. The first kappa shape index (κ1) is 12.9. The van der Waals surface area contributed by atoms with Gasteiger partial charge in [-0.05, 0) is 31.9 Å². The van der Waals surface area contributed by atoms with Gasteiger partial charge in [-0.25, -0.2) is 0 Å². The first-order chi connectivity index (χ1) is 7.60. The molecule has 0 spiro atoms. The Morgan fingerprint density at radius 2 is 1.94 bits per heavy atom. The molecular weight excluding hydrogens is 200 g/mol. The molecule has 0 radical (unpaired) electrons. The van der Waals surface area contributed by atoms with Crippen LogP contribution in [0.2, 0.25) is 0 Å². The van der Waals surface area contributed by atoms with E-state index in [1.165, 1.54) is 0 Å². The van der Waals surface area contributed by atoms with E-state index in [0.717, 1.165) is 30.4 Å². The van der Waals surface area contributed by atoms with Gasteiger partial charge in [0, 0.05) is 6.42 Å². The van der Waals surface area contributed by atoms with Crippen molar-refractivity contribution in [2.75, 3.05) is 0 Å². The Bertz CT molecular complexity index is 348. The number of Topliss-reactive ketones (excluding diaryl/α,β-unsaturated/α-hetero) is 1. The molecule has 1 aliphatic carbocycles. The Kier molecular flexibility index (Phi) is 4.66. The molecule has 0 aromatic carbocycles. The van der Waals surface area contributed by atoms with E-state index in [2.05, 4.69) is 6.92 Å². The number of rotatable bonds is 5. The molecule has 16 heavy (non-hydrogen) atoms. The standard InChI is InChI=1S/C14H20O2/c1-4-6-11-9-12(15)8-10(3)14(11)13(16)7-5-2/h8-9,14H,4-7H2,1-3H3. The third-order valence-corrected chi connectivity index (χ3v) is 2.88. The van der Waals surface area contributed by atoms with E-state index in [0.29, 0.717) is 6.42 Å². The summed E-state index contributed by atoms with van der Waals surface area (Å²) >= 11 is 0. The third-order valence-electron chi connectivity index (χ3n) is 2.88. The van der Waals surface area contributed by atoms with Crippen molar-refractivity contribution in [3.8, 4) is 0 Å². The normalized spacial score (nSPS) is 20.4. The van der Waals surface area contributed by atoms with Crippen LogP contribution in [-0.4, -0.2) is 11.6 Å². The molecule has 0 amide bonds. The number of ketones is 2. The van der Waals surface area contributed by atoms with Crippen LogP contribution in [0.1, 0.15) is 46.5 Å². The van der Waals surface area contributed by atoms with Crippen molar-refractivity contribution < 1.29 is 9.59 Å². The monoisotopic (exact) mass is 220 g/mol. The predicted molar refractivity (Wildman–Crippen MR) is 65.2 cm³/mol. The molecule has 1 unspecified atom stereocenters. The van der Waals surface area contributed by atoms with Crippen LogP contribution in [0, 0.1) is 5.92 Å². The fraction of sp³-hybridized carbons (Fsp3) is 0.571. The van der Waals surface area contributed by atoms with Gasteiger partial charge < -0.3 is 0 Å². The van der Waals surface area contributed by atoms with Crippen molar-refractivity contribution in [1.29, 1.82) is 0 Å². The third kappa shape index (κ3) is 2.91. The highest BCUT2D eigenvalue weighted by Gasteiger charge is 2.26. The minimum atomic E-state index is -0.127. The summed E-state index contributed by atoms with van der Waals surface area (Å²) in [5.74, 6) is 0.155. The average molecular weight is 220 g/mol. The molecule has 0 aliphatic heterocycles. The zero-order valence-electron chi connectivity index (χ0n) is 10.4. The number of carbonyl (C=O) groups is 2. The lowest BCUT2D eigenvalue weighted by atomic mass is 9.80. The number of carbonyl (C=O) groups excluding carboxylic acids is 2. The van der Waals surface area contributed by atoms with Gasteiger partial charge in [-0.2, -0.15) is 0 Å². The molecule has 1 rings (SSSR count). The predicted octanol–water partition coefficient (Wildman–Crippen LogP) is 3.23. The van der Waals surface area contributed by atoms with E-state index in [9.17, 15) is 9.59 Å². The van der Waals surface area contributed by atoms with Crippen molar-refractivity contribution in [1.82, 2.24) is 0 Å². The zero-order chi connectivity index (χ0) is 12.1. The summed E-state index contributed by atoms with van der Waals surface area (Å²) in [6.45, 7) is 5.97. The van der Waals surface area contributed by atoms with E-state index in [1.807, 2.05) is 13.8 Å². The van der Waals surface area contributed by atoms with Gasteiger partial charge in [-0.15, -0.1) is 0 Å². The maximum absolute atomic E-state index is 12.0. The summed E-state index contributed by atoms with van der Waals surface area (Å²) in [5.41, 5.74) is 1.92. The van der Waals surface area contributed by atoms with Gasteiger partial charge in [-0.3, -0.25) is 9.59 Å². The van der Waals surface area contributed by atoms with Gasteiger partial charge in [-0.1, -0.05) is 31.4 Å². The summed E-state index contributed by atoms with van der Waals surface area (Å²) in [7, 11) is 0. The van der Waals surface area contributed by atoms with Crippen molar-refractivity contribution in [2.45, 2.75) is 46.5 Å². The fourth-order valence-electron chi connectivity index (χ4n) is 2.26. The molecule has 2 heteroatoms. The molecule has 0 fully saturated rings. The summed E-state index contributed by atoms with van der Waals surface area (Å²) < 4.78 is 0. The van der Waals surface area contributed by atoms with Gasteiger partial charge in [0.15, 0.2) is 5.78 Å². The second-order valence-electron chi connectivity index (χ2n) is 4.41. The Morgan fingerprint density at radius 1 is 1.25 bits per heavy atom. The van der Waals surface area contributed by atoms with Crippen LogP contribution >= 0.6 is 0 Å². The van der Waals surface area contributed by atoms with E-state index in [-0.39, 0.29) is 17.5 Å². The summed E-state index contributed by atoms with van der Waals surface area (Å²) in [6.07, 6.45) is 6.53. The molecule has 0 bridgehead atoms. The summed E-state index contributed by atoms with van der Waals surface area (Å²) in [4.78, 5) is 23.4. The summed E-state index contributed by atoms with van der Waals surface area (Å²) in [6, 6.07) is 0. The molecule has 0 aromatic rings. The minimum absolute atomic E-state index is 0.0292. The fourth-order valence-corrected chi connectivity index (χ4v) is 2.26. The lowest BCUT2D eigenvalue weighted by Gasteiger charge is -2.22.